The highest BCUT2D eigenvalue weighted by Gasteiger charge is 2.26. The molecule has 1 aromatic rings. The first-order chi connectivity index (χ1) is 7.84. The van der Waals surface area contributed by atoms with E-state index in [4.69, 9.17) is 4.74 Å². The van der Waals surface area contributed by atoms with Crippen LogP contribution in [0, 0.1) is 0 Å². The van der Waals surface area contributed by atoms with E-state index in [1.165, 1.54) is 0 Å². The first kappa shape index (κ1) is 11.9. The van der Waals surface area contributed by atoms with Gasteiger partial charge in [-0.3, -0.25) is 4.79 Å². The minimum atomic E-state index is -0.0306. The molecule has 0 aromatic heterocycles. The van der Waals surface area contributed by atoms with E-state index >= 15 is 0 Å². The molecule has 0 spiro atoms. The highest BCUT2D eigenvalue weighted by Crippen LogP contribution is 2.37. The molecule has 0 heterocycles. The Balaban J connectivity index is 2.65. The molecule has 17 heavy (non-hydrogen) atoms. The Hall–Kier alpha value is -1.57. The zero-order valence-corrected chi connectivity index (χ0v) is 11.0. The second kappa shape index (κ2) is 3.73. The molecule has 2 rings (SSSR count). The molecule has 0 saturated heterocycles. The Morgan fingerprint density at radius 1 is 1.18 bits per heavy atom. The molecular formula is C15H18O2. The third kappa shape index (κ3) is 1.88. The van der Waals surface area contributed by atoms with E-state index in [1.807, 2.05) is 25.1 Å². The molecule has 0 aliphatic heterocycles. The van der Waals surface area contributed by atoms with Crippen molar-refractivity contribution >= 4 is 11.9 Å². The van der Waals surface area contributed by atoms with E-state index in [2.05, 4.69) is 20.8 Å². The summed E-state index contributed by atoms with van der Waals surface area (Å²) < 4.78 is 5.43. The highest BCUT2D eigenvalue weighted by atomic mass is 16.5. The van der Waals surface area contributed by atoms with Gasteiger partial charge in [-0.2, -0.15) is 0 Å². The number of rotatable bonds is 1. The lowest BCUT2D eigenvalue weighted by Gasteiger charge is -2.23. The maximum Gasteiger partial charge on any atom is 0.189 e. The van der Waals surface area contributed by atoms with Gasteiger partial charge in [0.15, 0.2) is 5.78 Å². The van der Waals surface area contributed by atoms with Crippen LogP contribution in [0.15, 0.2) is 17.7 Å². The Morgan fingerprint density at radius 2 is 1.82 bits per heavy atom. The standard InChI is InChI=1S/C15H18O2/c1-9-6-10-7-13(17-5)12(15(2,3)4)8-11(10)14(9)16/h6-8H,1-5H3. The van der Waals surface area contributed by atoms with Crippen molar-refractivity contribution in [2.24, 2.45) is 0 Å². The van der Waals surface area contributed by atoms with Crippen LogP contribution in [0.2, 0.25) is 0 Å². The van der Waals surface area contributed by atoms with E-state index in [0.29, 0.717) is 0 Å². The van der Waals surface area contributed by atoms with Crippen LogP contribution in [0.25, 0.3) is 6.08 Å². The Kier molecular flexibility index (Phi) is 2.61. The monoisotopic (exact) mass is 230 g/mol. The van der Waals surface area contributed by atoms with Crippen LogP contribution in [0.4, 0.5) is 0 Å². The van der Waals surface area contributed by atoms with Crippen LogP contribution >= 0.6 is 0 Å². The number of allylic oxidation sites excluding steroid dienone is 1. The van der Waals surface area contributed by atoms with E-state index in [-0.39, 0.29) is 11.2 Å². The number of ketones is 1. The van der Waals surface area contributed by atoms with Gasteiger partial charge in [0.1, 0.15) is 5.75 Å². The summed E-state index contributed by atoms with van der Waals surface area (Å²) in [6.45, 7) is 8.22. The normalized spacial score (nSPS) is 14.6. The van der Waals surface area contributed by atoms with Gasteiger partial charge in [0, 0.05) is 11.1 Å². The fourth-order valence-electron chi connectivity index (χ4n) is 2.18. The molecule has 0 radical (unpaired) electrons. The topological polar surface area (TPSA) is 26.3 Å². The number of carbonyl (C=O) groups excluding carboxylic acids is 1. The lowest BCUT2D eigenvalue weighted by Crippen LogP contribution is -2.14. The zero-order chi connectivity index (χ0) is 12.8. The Morgan fingerprint density at radius 3 is 2.35 bits per heavy atom. The van der Waals surface area contributed by atoms with E-state index in [1.54, 1.807) is 7.11 Å². The van der Waals surface area contributed by atoms with E-state index in [0.717, 1.165) is 28.0 Å². The van der Waals surface area contributed by atoms with Crippen molar-refractivity contribution in [3.8, 4) is 5.75 Å². The number of fused-ring (bicyclic) bond motifs is 1. The van der Waals surface area contributed by atoms with E-state index in [9.17, 15) is 4.79 Å². The number of ether oxygens (including phenoxy) is 1. The van der Waals surface area contributed by atoms with Crippen molar-refractivity contribution in [3.63, 3.8) is 0 Å². The van der Waals surface area contributed by atoms with Gasteiger partial charge in [-0.05, 0) is 41.7 Å². The smallest absolute Gasteiger partial charge is 0.189 e. The maximum atomic E-state index is 12.0. The summed E-state index contributed by atoms with van der Waals surface area (Å²) in [6.07, 6.45) is 1.92. The van der Waals surface area contributed by atoms with Crippen LogP contribution in [0.3, 0.4) is 0 Å². The van der Waals surface area contributed by atoms with Crippen LogP contribution in [0.5, 0.6) is 5.75 Å². The minimum Gasteiger partial charge on any atom is -0.496 e. The van der Waals surface area contributed by atoms with Crippen LogP contribution < -0.4 is 4.74 Å². The van der Waals surface area contributed by atoms with Crippen LogP contribution in [0.1, 0.15) is 49.2 Å². The highest BCUT2D eigenvalue weighted by molar-refractivity contribution is 6.17. The number of methoxy groups -OCH3 is 1. The van der Waals surface area contributed by atoms with Crippen molar-refractivity contribution in [3.05, 3.63) is 34.4 Å². The van der Waals surface area contributed by atoms with E-state index < -0.39 is 0 Å². The predicted molar refractivity (Wildman–Crippen MR) is 69.7 cm³/mol. The molecular weight excluding hydrogens is 212 g/mol. The first-order valence-electron chi connectivity index (χ1n) is 5.80. The third-order valence-electron chi connectivity index (χ3n) is 3.15. The molecule has 1 aromatic carbocycles. The van der Waals surface area contributed by atoms with Crippen LogP contribution in [-0.2, 0) is 5.41 Å². The van der Waals surface area contributed by atoms with Crippen molar-refractivity contribution in [2.45, 2.75) is 33.1 Å². The van der Waals surface area contributed by atoms with Gasteiger partial charge in [0.05, 0.1) is 7.11 Å². The molecule has 1 aliphatic carbocycles. The number of carbonyl (C=O) groups is 1. The number of hydrogen-bond acceptors (Lipinski definition) is 2. The lowest BCUT2D eigenvalue weighted by atomic mass is 9.84. The van der Waals surface area contributed by atoms with Gasteiger partial charge >= 0.3 is 0 Å². The largest absolute Gasteiger partial charge is 0.496 e. The van der Waals surface area contributed by atoms with Gasteiger partial charge in [-0.15, -0.1) is 0 Å². The lowest BCUT2D eigenvalue weighted by molar-refractivity contribution is 0.103. The molecule has 0 N–H and O–H groups in total. The third-order valence-corrected chi connectivity index (χ3v) is 3.15. The van der Waals surface area contributed by atoms with Gasteiger partial charge in [0.25, 0.3) is 0 Å². The first-order valence-corrected chi connectivity index (χ1v) is 5.80. The van der Waals surface area contributed by atoms with Gasteiger partial charge in [-0.25, -0.2) is 0 Å². The quantitative estimate of drug-likeness (QED) is 0.737. The molecule has 2 heteroatoms. The second-order valence-electron chi connectivity index (χ2n) is 5.55. The SMILES string of the molecule is COc1cc2c(cc1C(C)(C)C)C(=O)C(C)=C2. The van der Waals surface area contributed by atoms with Crippen LogP contribution in [-0.4, -0.2) is 12.9 Å². The molecule has 0 bridgehead atoms. The second-order valence-corrected chi connectivity index (χ2v) is 5.55. The number of Topliss-reactive ketones (excluding diaryl/α,β-unsaturated/α-hetero) is 1. The van der Waals surface area contributed by atoms with Crippen molar-refractivity contribution in [1.29, 1.82) is 0 Å². The summed E-state index contributed by atoms with van der Waals surface area (Å²) in [5.74, 6) is 0.989. The summed E-state index contributed by atoms with van der Waals surface area (Å²) in [4.78, 5) is 12.0. The Bertz CT molecular complexity index is 516. The number of benzene rings is 1. The maximum absolute atomic E-state index is 12.0. The van der Waals surface area contributed by atoms with Gasteiger partial charge in [0.2, 0.25) is 0 Å². The fourth-order valence-corrected chi connectivity index (χ4v) is 2.18. The summed E-state index contributed by atoms with van der Waals surface area (Å²) >= 11 is 0. The molecule has 1 aliphatic rings. The van der Waals surface area contributed by atoms with Crippen molar-refractivity contribution in [1.82, 2.24) is 0 Å². The average molecular weight is 230 g/mol. The van der Waals surface area contributed by atoms with Crippen molar-refractivity contribution < 1.29 is 9.53 Å². The molecule has 0 saturated carbocycles. The Labute approximate surface area is 102 Å². The number of hydrogen-bond donors (Lipinski definition) is 0. The summed E-state index contributed by atoms with van der Waals surface area (Å²) in [5, 5.41) is 0. The van der Waals surface area contributed by atoms with Crippen molar-refractivity contribution in [2.75, 3.05) is 7.11 Å². The predicted octanol–water partition coefficient (Wildman–Crippen LogP) is 3.59. The molecule has 2 nitrogen and oxygen atoms in total. The summed E-state index contributed by atoms with van der Waals surface area (Å²) in [6, 6.07) is 3.94. The molecule has 90 valence electrons. The van der Waals surface area contributed by atoms with Gasteiger partial charge in [-0.1, -0.05) is 20.8 Å². The minimum absolute atomic E-state index is 0.0306. The van der Waals surface area contributed by atoms with Gasteiger partial charge < -0.3 is 4.74 Å². The fraction of sp³-hybridized carbons (Fsp3) is 0.400. The average Bonchev–Trinajstić information content (AvgIpc) is 2.51. The molecule has 0 unspecified atom stereocenters. The molecule has 0 amide bonds. The zero-order valence-electron chi connectivity index (χ0n) is 11.0. The molecule has 0 atom stereocenters. The summed E-state index contributed by atoms with van der Waals surface area (Å²) in [7, 11) is 1.67. The summed E-state index contributed by atoms with van der Waals surface area (Å²) in [5.41, 5.74) is 3.62. The molecule has 0 fully saturated rings.